The minimum Gasteiger partial charge on any atom is -0.439 e. The van der Waals surface area contributed by atoms with Crippen LogP contribution in [0.5, 0.6) is 0 Å². The van der Waals surface area contributed by atoms with Gasteiger partial charge in [-0.2, -0.15) is 0 Å². The molecule has 3 heteroatoms. The van der Waals surface area contributed by atoms with E-state index in [1.165, 1.54) is 0 Å². The van der Waals surface area contributed by atoms with Crippen molar-refractivity contribution in [1.29, 1.82) is 0 Å². The molecule has 0 bridgehead atoms. The number of hydrogen-bond acceptors (Lipinski definition) is 1. The molecule has 1 N–H and O–H groups in total. The SMILES string of the molecule is CC[SiH](O)[SiH3]. The van der Waals surface area contributed by atoms with E-state index in [4.69, 9.17) is 4.80 Å². The predicted molar refractivity (Wildman–Crippen MR) is 29.8 cm³/mol. The van der Waals surface area contributed by atoms with Gasteiger partial charge in [0.25, 0.3) is 0 Å². The van der Waals surface area contributed by atoms with Gasteiger partial charge in [0.15, 0.2) is 0 Å². The van der Waals surface area contributed by atoms with Gasteiger partial charge in [-0.3, -0.25) is 0 Å². The molecule has 1 nitrogen and oxygen atoms in total. The van der Waals surface area contributed by atoms with E-state index in [0.717, 1.165) is 15.8 Å². The first-order valence-corrected chi connectivity index (χ1v) is 7.90. The minimum atomic E-state index is -1.01. The molecule has 0 saturated heterocycles. The fourth-order valence-electron chi connectivity index (χ4n) is 0. The Morgan fingerprint density at radius 2 is 2.20 bits per heavy atom. The number of hydrogen-bond donors (Lipinski definition) is 1. The van der Waals surface area contributed by atoms with Crippen LogP contribution in [0.3, 0.4) is 0 Å². The van der Waals surface area contributed by atoms with Gasteiger partial charge in [-0.25, -0.2) is 0 Å². The predicted octanol–water partition coefficient (Wildman–Crippen LogP) is -1.42. The first kappa shape index (κ1) is 5.39. The summed E-state index contributed by atoms with van der Waals surface area (Å²) in [6, 6.07) is 1.06. The summed E-state index contributed by atoms with van der Waals surface area (Å²) < 4.78 is 0. The van der Waals surface area contributed by atoms with Gasteiger partial charge in [0.05, 0.1) is 0 Å². The van der Waals surface area contributed by atoms with Crippen LogP contribution in [0.4, 0.5) is 0 Å². The van der Waals surface area contributed by atoms with Crippen LogP contribution in [0.1, 0.15) is 6.92 Å². The second kappa shape index (κ2) is 2.62. The van der Waals surface area contributed by atoms with Crippen LogP contribution in [0.2, 0.25) is 6.04 Å². The average Bonchev–Trinajstić information content (AvgIpc) is 1.38. The zero-order valence-electron chi connectivity index (χ0n) is 3.73. The molecule has 0 rings (SSSR count). The van der Waals surface area contributed by atoms with Crippen molar-refractivity contribution in [1.82, 2.24) is 0 Å². The van der Waals surface area contributed by atoms with E-state index in [-0.39, 0.29) is 0 Å². The molecule has 32 valence electrons. The van der Waals surface area contributed by atoms with E-state index in [1.54, 1.807) is 0 Å². The summed E-state index contributed by atoms with van der Waals surface area (Å²) in [6.45, 7) is 2.05. The summed E-state index contributed by atoms with van der Waals surface area (Å²) >= 11 is 0. The molecular weight excluding hydrogens is 96.2 g/mol. The Kier molecular flexibility index (Phi) is 2.83. The van der Waals surface area contributed by atoms with E-state index < -0.39 is 8.56 Å². The molecule has 0 aliphatic heterocycles. The van der Waals surface area contributed by atoms with Gasteiger partial charge in [-0.15, -0.1) is 0 Å². The highest BCUT2D eigenvalue weighted by Crippen LogP contribution is 1.73. The standard InChI is InChI=1S/C2H10OSi2/c1-2-5(3)4/h3,5H,2H2,1,4H3. The summed E-state index contributed by atoms with van der Waals surface area (Å²) in [5, 5.41) is 0. The smallest absolute Gasteiger partial charge is 0.149 e. The van der Waals surface area contributed by atoms with Gasteiger partial charge in [-0.1, -0.05) is 6.92 Å². The van der Waals surface area contributed by atoms with E-state index >= 15 is 0 Å². The molecule has 0 heterocycles. The summed E-state index contributed by atoms with van der Waals surface area (Å²) in [4.78, 5) is 8.56. The maximum Gasteiger partial charge on any atom is 0.149 e. The van der Waals surface area contributed by atoms with Crippen LogP contribution in [-0.2, 0) is 0 Å². The zero-order valence-corrected chi connectivity index (χ0v) is 6.89. The van der Waals surface area contributed by atoms with Crippen molar-refractivity contribution >= 4 is 18.3 Å². The van der Waals surface area contributed by atoms with Crippen molar-refractivity contribution in [3.8, 4) is 0 Å². The molecule has 0 amide bonds. The Labute approximate surface area is 37.0 Å². The molecule has 0 spiro atoms. The van der Waals surface area contributed by atoms with Gasteiger partial charge < -0.3 is 4.80 Å². The van der Waals surface area contributed by atoms with Crippen LogP contribution in [0.15, 0.2) is 0 Å². The van der Waals surface area contributed by atoms with Crippen LogP contribution in [0, 0.1) is 0 Å². The summed E-state index contributed by atoms with van der Waals surface area (Å²) in [6.07, 6.45) is 0. The first-order chi connectivity index (χ1) is 2.27. The highest BCUT2D eigenvalue weighted by atomic mass is 29.2. The van der Waals surface area contributed by atoms with Crippen molar-refractivity contribution in [3.63, 3.8) is 0 Å². The second-order valence-corrected chi connectivity index (χ2v) is 7.77. The van der Waals surface area contributed by atoms with Crippen molar-refractivity contribution in [2.75, 3.05) is 0 Å². The lowest BCUT2D eigenvalue weighted by molar-refractivity contribution is 0.593. The topological polar surface area (TPSA) is 20.2 Å². The molecule has 5 heavy (non-hydrogen) atoms. The lowest BCUT2D eigenvalue weighted by Gasteiger charge is -1.87. The Morgan fingerprint density at radius 3 is 2.20 bits per heavy atom. The highest BCUT2D eigenvalue weighted by molar-refractivity contribution is 6.98. The van der Waals surface area contributed by atoms with Crippen molar-refractivity contribution in [3.05, 3.63) is 0 Å². The van der Waals surface area contributed by atoms with Gasteiger partial charge in [0.2, 0.25) is 0 Å². The number of rotatable bonds is 1. The Balaban J connectivity index is 2.54. The van der Waals surface area contributed by atoms with Gasteiger partial charge in [-0.05, 0) is 6.04 Å². The molecule has 0 fully saturated rings. The molecule has 0 aromatic heterocycles. The average molecular weight is 106 g/mol. The monoisotopic (exact) mass is 106 g/mol. The van der Waals surface area contributed by atoms with E-state index in [9.17, 15) is 0 Å². The van der Waals surface area contributed by atoms with Gasteiger partial charge >= 0.3 is 0 Å². The molecule has 0 aromatic rings. The summed E-state index contributed by atoms with van der Waals surface area (Å²) in [5.74, 6) is 0. The summed E-state index contributed by atoms with van der Waals surface area (Å²) in [7, 11) is 0.0532. The van der Waals surface area contributed by atoms with Crippen LogP contribution >= 0.6 is 0 Å². The van der Waals surface area contributed by atoms with Crippen LogP contribution in [-0.4, -0.2) is 23.1 Å². The molecule has 1 unspecified atom stereocenters. The first-order valence-electron chi connectivity index (χ1n) is 1.95. The van der Waals surface area contributed by atoms with Crippen LogP contribution in [0.25, 0.3) is 0 Å². The molecule has 0 radical (unpaired) electrons. The lowest BCUT2D eigenvalue weighted by Crippen LogP contribution is -2.07. The normalized spacial score (nSPS) is 15.6. The third-order valence-electron chi connectivity index (χ3n) is 0.591. The van der Waals surface area contributed by atoms with Crippen molar-refractivity contribution in [2.24, 2.45) is 0 Å². The van der Waals surface area contributed by atoms with E-state index in [2.05, 4.69) is 0 Å². The van der Waals surface area contributed by atoms with E-state index in [1.807, 2.05) is 6.92 Å². The Morgan fingerprint density at radius 1 is 2.00 bits per heavy atom. The fraction of sp³-hybridized carbons (Fsp3) is 1.00. The zero-order chi connectivity index (χ0) is 4.28. The second-order valence-electron chi connectivity index (χ2n) is 1.26. The minimum absolute atomic E-state index is 1.01. The van der Waals surface area contributed by atoms with Crippen molar-refractivity contribution in [2.45, 2.75) is 13.0 Å². The molecule has 0 saturated carbocycles. The van der Waals surface area contributed by atoms with Crippen LogP contribution < -0.4 is 0 Å². The Hall–Kier alpha value is 0.394. The maximum atomic E-state index is 8.56. The molecule has 1 atom stereocenters. The van der Waals surface area contributed by atoms with Crippen molar-refractivity contribution < 1.29 is 4.80 Å². The van der Waals surface area contributed by atoms with Gasteiger partial charge in [0, 0.05) is 9.76 Å². The fourth-order valence-corrected chi connectivity index (χ4v) is 0. The third kappa shape index (κ3) is 4.39. The molecular formula is C2H10OSi2. The Bertz CT molecular complexity index is 21.6. The summed E-state index contributed by atoms with van der Waals surface area (Å²) in [5.41, 5.74) is 0. The van der Waals surface area contributed by atoms with E-state index in [0.29, 0.717) is 0 Å². The molecule has 0 aliphatic rings. The third-order valence-corrected chi connectivity index (χ3v) is 4.22. The quantitative estimate of drug-likeness (QED) is 0.407. The highest BCUT2D eigenvalue weighted by Gasteiger charge is 1.86. The maximum absolute atomic E-state index is 8.56. The molecule has 0 aliphatic carbocycles. The lowest BCUT2D eigenvalue weighted by atomic mass is 11.0. The largest absolute Gasteiger partial charge is 0.439 e. The van der Waals surface area contributed by atoms with Gasteiger partial charge in [0.1, 0.15) is 8.56 Å². The molecule has 0 aromatic carbocycles.